The number of esters is 1. The molecule has 2 heterocycles. The fraction of sp³-hybridized carbons (Fsp3) is 0.609. The number of hydrogen-bond donors (Lipinski definition) is 0. The van der Waals surface area contributed by atoms with Crippen LogP contribution in [-0.2, 0) is 19.1 Å². The van der Waals surface area contributed by atoms with Crippen LogP contribution in [0, 0.1) is 11.3 Å². The smallest absolute Gasteiger partial charge is 0.309 e. The number of amides is 2. The highest BCUT2D eigenvalue weighted by molar-refractivity contribution is 6.30. The summed E-state index contributed by atoms with van der Waals surface area (Å²) in [4.78, 5) is 43.0. The Morgan fingerprint density at radius 3 is 2.23 bits per heavy atom. The predicted molar refractivity (Wildman–Crippen MR) is 120 cm³/mol. The lowest BCUT2D eigenvalue weighted by molar-refractivity contribution is -0.158. The molecular weight excluding hydrogens is 418 g/mol. The van der Waals surface area contributed by atoms with Gasteiger partial charge in [-0.2, -0.15) is 0 Å². The molecule has 0 bridgehead atoms. The third kappa shape index (κ3) is 6.12. The van der Waals surface area contributed by atoms with Crippen molar-refractivity contribution >= 4 is 35.1 Å². The fourth-order valence-corrected chi connectivity index (χ4v) is 4.21. The van der Waals surface area contributed by atoms with E-state index in [1.165, 1.54) is 0 Å². The average molecular weight is 450 g/mol. The van der Waals surface area contributed by atoms with E-state index in [4.69, 9.17) is 16.3 Å². The van der Waals surface area contributed by atoms with E-state index in [0.29, 0.717) is 57.1 Å². The molecule has 0 aromatic heterocycles. The second-order valence-electron chi connectivity index (χ2n) is 9.27. The van der Waals surface area contributed by atoms with E-state index >= 15 is 0 Å². The Hall–Kier alpha value is -2.28. The van der Waals surface area contributed by atoms with Crippen LogP contribution in [-0.4, -0.2) is 73.5 Å². The number of rotatable bonds is 4. The molecule has 8 heteroatoms. The van der Waals surface area contributed by atoms with Gasteiger partial charge in [0.1, 0.15) is 0 Å². The Morgan fingerprint density at radius 2 is 1.65 bits per heavy atom. The summed E-state index contributed by atoms with van der Waals surface area (Å²) in [5.74, 6) is -0.656. The summed E-state index contributed by atoms with van der Waals surface area (Å²) in [7, 11) is 0. The lowest BCUT2D eigenvalue weighted by Crippen LogP contribution is -2.50. The van der Waals surface area contributed by atoms with Crippen molar-refractivity contribution < 1.29 is 19.1 Å². The monoisotopic (exact) mass is 449 g/mol. The van der Waals surface area contributed by atoms with Gasteiger partial charge in [0.2, 0.25) is 5.91 Å². The van der Waals surface area contributed by atoms with E-state index in [1.54, 1.807) is 4.90 Å². The first kappa shape index (κ1) is 23.4. The first-order valence-corrected chi connectivity index (χ1v) is 11.3. The number of benzene rings is 1. The van der Waals surface area contributed by atoms with Crippen LogP contribution in [0.4, 0.5) is 5.69 Å². The fourth-order valence-electron chi connectivity index (χ4n) is 4.02. The van der Waals surface area contributed by atoms with E-state index in [0.717, 1.165) is 5.69 Å². The third-order valence-corrected chi connectivity index (χ3v) is 6.14. The Kier molecular flexibility index (Phi) is 7.46. The highest BCUT2D eigenvalue weighted by atomic mass is 35.5. The molecule has 1 aromatic rings. The van der Waals surface area contributed by atoms with Gasteiger partial charge < -0.3 is 19.4 Å². The molecule has 0 spiro atoms. The van der Waals surface area contributed by atoms with Gasteiger partial charge in [-0.15, -0.1) is 0 Å². The number of anilines is 1. The summed E-state index contributed by atoms with van der Waals surface area (Å²) in [5.41, 5.74) is 0.624. The number of hydrogen-bond acceptors (Lipinski definition) is 5. The normalized spacial score (nSPS) is 18.1. The topological polar surface area (TPSA) is 70.2 Å². The predicted octanol–water partition coefficient (Wildman–Crippen LogP) is 2.82. The molecule has 0 aliphatic carbocycles. The molecular formula is C23H32ClN3O4. The number of nitrogens with zero attached hydrogens (tertiary/aromatic N) is 3. The van der Waals surface area contributed by atoms with Crippen LogP contribution in [0.2, 0.25) is 5.02 Å². The third-order valence-electron chi connectivity index (χ3n) is 5.90. The average Bonchev–Trinajstić information content (AvgIpc) is 2.76. The van der Waals surface area contributed by atoms with E-state index in [-0.39, 0.29) is 30.3 Å². The van der Waals surface area contributed by atoms with E-state index < -0.39 is 5.41 Å². The van der Waals surface area contributed by atoms with Crippen LogP contribution in [0.15, 0.2) is 24.3 Å². The first-order valence-electron chi connectivity index (χ1n) is 10.9. The summed E-state index contributed by atoms with van der Waals surface area (Å²) < 4.78 is 5.32. The number of halogens is 1. The summed E-state index contributed by atoms with van der Waals surface area (Å²) in [6, 6.07) is 7.68. The second kappa shape index (κ2) is 9.90. The number of piperazine rings is 1. The molecule has 1 aromatic carbocycles. The molecule has 31 heavy (non-hydrogen) atoms. The molecule has 2 amide bonds. The Labute approximate surface area is 189 Å². The summed E-state index contributed by atoms with van der Waals surface area (Å²) in [5, 5.41) is 0.691. The molecule has 0 N–H and O–H groups in total. The number of carbonyl (C=O) groups excluding carboxylic acids is 3. The van der Waals surface area contributed by atoms with Gasteiger partial charge in [-0.05, 0) is 31.0 Å². The quantitative estimate of drug-likeness (QED) is 0.661. The van der Waals surface area contributed by atoms with Crippen molar-refractivity contribution in [1.29, 1.82) is 0 Å². The van der Waals surface area contributed by atoms with Crippen LogP contribution in [0.1, 0.15) is 33.6 Å². The molecule has 0 atom stereocenters. The van der Waals surface area contributed by atoms with E-state index in [1.807, 2.05) is 49.9 Å². The molecule has 3 rings (SSSR count). The van der Waals surface area contributed by atoms with Crippen molar-refractivity contribution in [2.75, 3.05) is 50.8 Å². The molecule has 2 saturated heterocycles. The van der Waals surface area contributed by atoms with Crippen LogP contribution in [0.3, 0.4) is 0 Å². The Morgan fingerprint density at radius 1 is 1.00 bits per heavy atom. The maximum atomic E-state index is 12.5. The van der Waals surface area contributed by atoms with Gasteiger partial charge in [0, 0.05) is 55.4 Å². The van der Waals surface area contributed by atoms with Gasteiger partial charge in [0.05, 0.1) is 5.92 Å². The van der Waals surface area contributed by atoms with Crippen molar-refractivity contribution in [3.05, 3.63) is 29.3 Å². The second-order valence-corrected chi connectivity index (χ2v) is 9.71. The molecule has 0 unspecified atom stereocenters. The Balaban J connectivity index is 1.39. The minimum absolute atomic E-state index is 0.103. The summed E-state index contributed by atoms with van der Waals surface area (Å²) in [6.45, 7) is 9.15. The standard InChI is InChI=1S/C23H32ClN3O4/c1-23(2,3)22(30)27-9-7-17(8-10-27)21(29)31-16-20(28)26-13-11-25(12-14-26)19-6-4-5-18(24)15-19/h4-6,15,17H,7-14,16H2,1-3H3. The van der Waals surface area contributed by atoms with Crippen LogP contribution >= 0.6 is 11.6 Å². The lowest BCUT2D eigenvalue weighted by Gasteiger charge is -2.36. The lowest BCUT2D eigenvalue weighted by atomic mass is 9.91. The zero-order valence-electron chi connectivity index (χ0n) is 18.6. The zero-order chi connectivity index (χ0) is 22.6. The van der Waals surface area contributed by atoms with Crippen molar-refractivity contribution in [3.63, 3.8) is 0 Å². The van der Waals surface area contributed by atoms with Crippen molar-refractivity contribution in [3.8, 4) is 0 Å². The van der Waals surface area contributed by atoms with Crippen LogP contribution in [0.25, 0.3) is 0 Å². The van der Waals surface area contributed by atoms with Crippen molar-refractivity contribution in [1.82, 2.24) is 9.80 Å². The minimum atomic E-state index is -0.420. The largest absolute Gasteiger partial charge is 0.455 e. The number of piperidine rings is 1. The maximum absolute atomic E-state index is 12.5. The molecule has 2 aliphatic heterocycles. The van der Waals surface area contributed by atoms with Crippen molar-refractivity contribution in [2.24, 2.45) is 11.3 Å². The van der Waals surface area contributed by atoms with Gasteiger partial charge in [-0.25, -0.2) is 0 Å². The van der Waals surface area contributed by atoms with Gasteiger partial charge in [-0.3, -0.25) is 14.4 Å². The zero-order valence-corrected chi connectivity index (χ0v) is 19.4. The highest BCUT2D eigenvalue weighted by Crippen LogP contribution is 2.24. The Bertz CT molecular complexity index is 807. The van der Waals surface area contributed by atoms with Crippen LogP contribution in [0.5, 0.6) is 0 Å². The summed E-state index contributed by atoms with van der Waals surface area (Å²) in [6.07, 6.45) is 1.15. The van der Waals surface area contributed by atoms with E-state index in [9.17, 15) is 14.4 Å². The number of likely N-dealkylation sites (tertiary alicyclic amines) is 1. The molecule has 2 aliphatic rings. The molecule has 0 saturated carbocycles. The SMILES string of the molecule is CC(C)(C)C(=O)N1CCC(C(=O)OCC(=O)N2CCN(c3cccc(Cl)c3)CC2)CC1. The van der Waals surface area contributed by atoms with Gasteiger partial charge in [-0.1, -0.05) is 38.4 Å². The van der Waals surface area contributed by atoms with Gasteiger partial charge >= 0.3 is 5.97 Å². The molecule has 2 fully saturated rings. The molecule has 7 nitrogen and oxygen atoms in total. The molecule has 0 radical (unpaired) electrons. The van der Waals surface area contributed by atoms with Gasteiger partial charge in [0.25, 0.3) is 5.91 Å². The van der Waals surface area contributed by atoms with E-state index in [2.05, 4.69) is 4.90 Å². The van der Waals surface area contributed by atoms with Crippen molar-refractivity contribution in [2.45, 2.75) is 33.6 Å². The van der Waals surface area contributed by atoms with Crippen LogP contribution < -0.4 is 4.90 Å². The molecule has 170 valence electrons. The first-order chi connectivity index (χ1) is 14.6. The number of carbonyl (C=O) groups is 3. The van der Waals surface area contributed by atoms with Gasteiger partial charge in [0.15, 0.2) is 6.61 Å². The number of ether oxygens (including phenoxy) is 1. The maximum Gasteiger partial charge on any atom is 0.309 e. The highest BCUT2D eigenvalue weighted by Gasteiger charge is 2.33. The minimum Gasteiger partial charge on any atom is -0.455 e. The summed E-state index contributed by atoms with van der Waals surface area (Å²) >= 11 is 6.06.